The van der Waals surface area contributed by atoms with E-state index in [-0.39, 0.29) is 16.9 Å². The first kappa shape index (κ1) is 13.4. The van der Waals surface area contributed by atoms with Gasteiger partial charge in [0.05, 0.1) is 0 Å². The van der Waals surface area contributed by atoms with Crippen LogP contribution in [0.5, 0.6) is 17.2 Å². The molecule has 0 spiro atoms. The van der Waals surface area contributed by atoms with Crippen LogP contribution in [0.15, 0.2) is 42.5 Å². The molecule has 0 aliphatic carbocycles. The van der Waals surface area contributed by atoms with Gasteiger partial charge in [0.15, 0.2) is 11.6 Å². The molecule has 0 radical (unpaired) electrons. The second-order valence-electron chi connectivity index (χ2n) is 5.49. The third-order valence-corrected chi connectivity index (χ3v) is 2.84. The molecule has 0 amide bonds. The van der Waals surface area contributed by atoms with Crippen LogP contribution in [0.1, 0.15) is 26.3 Å². The lowest BCUT2D eigenvalue weighted by molar-refractivity contribution is 0.430. The van der Waals surface area contributed by atoms with Gasteiger partial charge >= 0.3 is 0 Å². The van der Waals surface area contributed by atoms with Crippen molar-refractivity contribution in [3.63, 3.8) is 0 Å². The molecule has 0 unspecified atom stereocenters. The van der Waals surface area contributed by atoms with Crippen molar-refractivity contribution in [1.82, 2.24) is 0 Å². The Kier molecular flexibility index (Phi) is 3.47. The summed E-state index contributed by atoms with van der Waals surface area (Å²) >= 11 is 0. The van der Waals surface area contributed by atoms with Gasteiger partial charge in [-0.3, -0.25) is 0 Å². The largest absolute Gasteiger partial charge is 0.508 e. The minimum absolute atomic E-state index is 0.0872. The fraction of sp³-hybridized carbons (Fsp3) is 0.250. The molecule has 19 heavy (non-hydrogen) atoms. The first-order chi connectivity index (χ1) is 8.86. The van der Waals surface area contributed by atoms with Crippen LogP contribution < -0.4 is 4.74 Å². The smallest absolute Gasteiger partial charge is 0.166 e. The van der Waals surface area contributed by atoms with Crippen molar-refractivity contribution < 1.29 is 14.2 Å². The van der Waals surface area contributed by atoms with Gasteiger partial charge in [-0.05, 0) is 35.2 Å². The lowest BCUT2D eigenvalue weighted by Crippen LogP contribution is -2.11. The summed E-state index contributed by atoms with van der Waals surface area (Å²) in [4.78, 5) is 0. The van der Waals surface area contributed by atoms with Crippen LogP contribution in [0.25, 0.3) is 0 Å². The summed E-state index contributed by atoms with van der Waals surface area (Å²) in [5.41, 5.74) is 0.804. The quantitative estimate of drug-likeness (QED) is 0.853. The van der Waals surface area contributed by atoms with E-state index in [1.165, 1.54) is 18.2 Å². The van der Waals surface area contributed by atoms with Gasteiger partial charge < -0.3 is 9.84 Å². The lowest BCUT2D eigenvalue weighted by atomic mass is 9.87. The van der Waals surface area contributed by atoms with E-state index in [9.17, 15) is 9.50 Å². The number of aromatic hydroxyl groups is 1. The zero-order valence-electron chi connectivity index (χ0n) is 11.3. The van der Waals surface area contributed by atoms with E-state index in [2.05, 4.69) is 0 Å². The van der Waals surface area contributed by atoms with Crippen LogP contribution in [-0.2, 0) is 5.41 Å². The molecule has 3 heteroatoms. The number of ether oxygens (including phenoxy) is 1. The molecular formula is C16H17FO2. The fourth-order valence-electron chi connectivity index (χ4n) is 1.72. The number of phenolic OH excluding ortho intramolecular Hbond substituents is 1. The maximum Gasteiger partial charge on any atom is 0.166 e. The minimum atomic E-state index is -0.407. The number of benzene rings is 2. The summed E-state index contributed by atoms with van der Waals surface area (Å²) in [6, 6.07) is 11.2. The molecule has 0 bridgehead atoms. The Bertz CT molecular complexity index is 586. The Hall–Kier alpha value is -2.03. The van der Waals surface area contributed by atoms with E-state index in [1.54, 1.807) is 18.2 Å². The molecule has 1 N–H and O–H groups in total. The third kappa shape index (κ3) is 3.25. The van der Waals surface area contributed by atoms with Crippen molar-refractivity contribution in [3.05, 3.63) is 53.8 Å². The van der Waals surface area contributed by atoms with Crippen LogP contribution in [-0.4, -0.2) is 5.11 Å². The maximum absolute atomic E-state index is 14.0. The van der Waals surface area contributed by atoms with Crippen molar-refractivity contribution in [1.29, 1.82) is 0 Å². The van der Waals surface area contributed by atoms with E-state index in [1.807, 2.05) is 26.8 Å². The third-order valence-electron chi connectivity index (χ3n) is 2.84. The molecule has 0 saturated carbocycles. The van der Waals surface area contributed by atoms with E-state index >= 15 is 0 Å². The number of hydrogen-bond donors (Lipinski definition) is 1. The van der Waals surface area contributed by atoms with Crippen molar-refractivity contribution in [2.45, 2.75) is 26.2 Å². The Balaban J connectivity index is 2.27. The topological polar surface area (TPSA) is 29.5 Å². The molecule has 2 rings (SSSR count). The van der Waals surface area contributed by atoms with Crippen LogP contribution in [0.4, 0.5) is 4.39 Å². The molecule has 100 valence electrons. The summed E-state index contributed by atoms with van der Waals surface area (Å²) < 4.78 is 19.4. The molecule has 0 aliphatic rings. The van der Waals surface area contributed by atoms with Gasteiger partial charge in [-0.2, -0.15) is 0 Å². The van der Waals surface area contributed by atoms with Gasteiger partial charge in [0.2, 0.25) is 0 Å². The van der Waals surface area contributed by atoms with Crippen molar-refractivity contribution >= 4 is 0 Å². The van der Waals surface area contributed by atoms with Crippen LogP contribution in [0.3, 0.4) is 0 Å². The number of phenols is 1. The zero-order valence-corrected chi connectivity index (χ0v) is 11.3. The first-order valence-corrected chi connectivity index (χ1v) is 6.13. The van der Waals surface area contributed by atoms with Crippen molar-refractivity contribution in [3.8, 4) is 17.2 Å². The average Bonchev–Trinajstić information content (AvgIpc) is 2.30. The number of hydrogen-bond acceptors (Lipinski definition) is 2. The molecule has 0 aliphatic heterocycles. The SMILES string of the molecule is CC(C)(C)c1ccc(Oc2cccc(O)c2)c(F)c1. The lowest BCUT2D eigenvalue weighted by Gasteiger charge is -2.19. The second-order valence-corrected chi connectivity index (χ2v) is 5.49. The van der Waals surface area contributed by atoms with Gasteiger partial charge in [-0.15, -0.1) is 0 Å². The Morgan fingerprint density at radius 3 is 2.37 bits per heavy atom. The van der Waals surface area contributed by atoms with Gasteiger partial charge in [0.1, 0.15) is 11.5 Å². The molecule has 0 heterocycles. The predicted octanol–water partition coefficient (Wildman–Crippen LogP) is 4.62. The predicted molar refractivity (Wildman–Crippen MR) is 73.3 cm³/mol. The van der Waals surface area contributed by atoms with Crippen molar-refractivity contribution in [2.24, 2.45) is 0 Å². The Labute approximate surface area is 112 Å². The Morgan fingerprint density at radius 1 is 1.05 bits per heavy atom. The number of rotatable bonds is 2. The molecule has 2 aromatic carbocycles. The Morgan fingerprint density at radius 2 is 1.79 bits per heavy atom. The molecule has 2 aromatic rings. The summed E-state index contributed by atoms with van der Waals surface area (Å²) in [5, 5.41) is 9.34. The summed E-state index contributed by atoms with van der Waals surface area (Å²) in [6.45, 7) is 6.08. The van der Waals surface area contributed by atoms with E-state index in [0.29, 0.717) is 5.75 Å². The van der Waals surface area contributed by atoms with Gasteiger partial charge in [0, 0.05) is 6.07 Å². The van der Waals surface area contributed by atoms with E-state index in [4.69, 9.17) is 4.74 Å². The highest BCUT2D eigenvalue weighted by Gasteiger charge is 2.16. The van der Waals surface area contributed by atoms with E-state index < -0.39 is 5.82 Å². The fourth-order valence-corrected chi connectivity index (χ4v) is 1.72. The highest BCUT2D eigenvalue weighted by atomic mass is 19.1. The average molecular weight is 260 g/mol. The summed E-state index contributed by atoms with van der Waals surface area (Å²) in [6.07, 6.45) is 0. The van der Waals surface area contributed by atoms with Crippen molar-refractivity contribution in [2.75, 3.05) is 0 Å². The van der Waals surface area contributed by atoms with Crippen LogP contribution in [0, 0.1) is 5.82 Å². The van der Waals surface area contributed by atoms with Crippen LogP contribution in [0.2, 0.25) is 0 Å². The normalized spacial score (nSPS) is 11.4. The number of halogens is 1. The summed E-state index contributed by atoms with van der Waals surface area (Å²) in [7, 11) is 0. The van der Waals surface area contributed by atoms with Gasteiger partial charge in [-0.1, -0.05) is 32.9 Å². The molecule has 0 aromatic heterocycles. The maximum atomic E-state index is 14.0. The highest BCUT2D eigenvalue weighted by Crippen LogP contribution is 2.30. The standard InChI is InChI=1S/C16H17FO2/c1-16(2,3)11-7-8-15(14(17)9-11)19-13-6-4-5-12(18)10-13/h4-10,18H,1-3H3. The van der Waals surface area contributed by atoms with Crippen LogP contribution >= 0.6 is 0 Å². The first-order valence-electron chi connectivity index (χ1n) is 6.13. The highest BCUT2D eigenvalue weighted by molar-refractivity contribution is 5.38. The summed E-state index contributed by atoms with van der Waals surface area (Å²) in [5.74, 6) is 0.237. The van der Waals surface area contributed by atoms with Gasteiger partial charge in [-0.25, -0.2) is 4.39 Å². The monoisotopic (exact) mass is 260 g/mol. The molecule has 0 saturated heterocycles. The molecule has 0 atom stereocenters. The molecular weight excluding hydrogens is 243 g/mol. The minimum Gasteiger partial charge on any atom is -0.508 e. The second kappa shape index (κ2) is 4.92. The zero-order chi connectivity index (χ0) is 14.0. The van der Waals surface area contributed by atoms with E-state index in [0.717, 1.165) is 5.56 Å². The van der Waals surface area contributed by atoms with Gasteiger partial charge in [0.25, 0.3) is 0 Å². The molecule has 0 fully saturated rings. The molecule has 2 nitrogen and oxygen atoms in total.